The summed E-state index contributed by atoms with van der Waals surface area (Å²) in [6.07, 6.45) is 2.70. The van der Waals surface area contributed by atoms with Crippen LogP contribution < -0.4 is 9.80 Å². The summed E-state index contributed by atoms with van der Waals surface area (Å²) >= 11 is 12.1. The van der Waals surface area contributed by atoms with E-state index in [4.69, 9.17) is 32.7 Å². The molecule has 1 aliphatic rings. The number of halogens is 2. The lowest BCUT2D eigenvalue weighted by atomic mass is 9.83. The highest BCUT2D eigenvalue weighted by molar-refractivity contribution is 6.31. The lowest BCUT2D eigenvalue weighted by Gasteiger charge is -2.30. The number of rotatable bonds is 8. The zero-order valence-electron chi connectivity index (χ0n) is 23.1. The number of benzene rings is 4. The molecule has 0 spiro atoms. The topological polar surface area (TPSA) is 59.1 Å². The normalized spacial score (nSPS) is 16.3. The van der Waals surface area contributed by atoms with E-state index in [0.29, 0.717) is 34.6 Å². The largest absolute Gasteiger partial charge is 0.449 e. The second kappa shape index (κ2) is 14.3. The van der Waals surface area contributed by atoms with Gasteiger partial charge in [-0.3, -0.25) is 0 Å². The van der Waals surface area contributed by atoms with Crippen LogP contribution in [0.2, 0.25) is 10.0 Å². The van der Waals surface area contributed by atoms with Crippen LogP contribution >= 0.6 is 23.2 Å². The molecule has 0 unspecified atom stereocenters. The molecule has 0 aromatic heterocycles. The van der Waals surface area contributed by atoms with Crippen LogP contribution in [0, 0.1) is 11.8 Å². The first kappa shape index (κ1) is 29.5. The van der Waals surface area contributed by atoms with Crippen molar-refractivity contribution in [3.8, 4) is 0 Å². The van der Waals surface area contributed by atoms with Crippen molar-refractivity contribution in [1.29, 1.82) is 0 Å². The van der Waals surface area contributed by atoms with E-state index < -0.39 is 12.2 Å². The molecule has 0 heterocycles. The lowest BCUT2D eigenvalue weighted by molar-refractivity contribution is 0.0921. The summed E-state index contributed by atoms with van der Waals surface area (Å²) in [6, 6.07) is 33.0. The van der Waals surface area contributed by atoms with Gasteiger partial charge >= 0.3 is 12.2 Å². The van der Waals surface area contributed by atoms with Crippen LogP contribution in [-0.2, 0) is 9.47 Å². The summed E-state index contributed by atoms with van der Waals surface area (Å²) in [7, 11) is 0. The average Bonchev–Trinajstić information content (AvgIpc) is 3.03. The summed E-state index contributed by atoms with van der Waals surface area (Å²) in [5.41, 5.74) is 2.81. The third kappa shape index (κ3) is 7.64. The maximum absolute atomic E-state index is 13.2. The van der Waals surface area contributed by atoms with Crippen molar-refractivity contribution < 1.29 is 19.1 Å². The van der Waals surface area contributed by atoms with Crippen LogP contribution in [0.1, 0.15) is 25.7 Å². The zero-order valence-corrected chi connectivity index (χ0v) is 24.6. The Morgan fingerprint density at radius 1 is 0.524 bits per heavy atom. The number of anilines is 4. The standard InChI is InChI=1S/C34H32Cl2N2O4/c35-27-15-19-31(20-16-27)37(29-7-3-1-4-8-29)33(39)41-23-25-11-13-26(14-12-25)24-42-34(40)38(30-9-5-2-6-10-30)32-21-17-28(36)18-22-32/h1-10,15-22,25-26H,11-14,23-24H2. The molecule has 0 aliphatic heterocycles. The quantitative estimate of drug-likeness (QED) is 0.201. The number of hydrogen-bond acceptors (Lipinski definition) is 4. The third-order valence-corrected chi connectivity index (χ3v) is 7.92. The van der Waals surface area contributed by atoms with Gasteiger partial charge in [-0.15, -0.1) is 0 Å². The minimum atomic E-state index is -0.428. The van der Waals surface area contributed by atoms with Gasteiger partial charge in [0.2, 0.25) is 0 Å². The van der Waals surface area contributed by atoms with Gasteiger partial charge in [-0.1, -0.05) is 59.6 Å². The number of hydrogen-bond donors (Lipinski definition) is 0. The number of nitrogens with zero attached hydrogens (tertiary/aromatic N) is 2. The number of carbonyl (C=O) groups is 2. The SMILES string of the molecule is O=C(OCC1CCC(COC(=O)N(c2ccccc2)c2ccc(Cl)cc2)CC1)N(c1ccccc1)c1ccc(Cl)cc1. The second-order valence-electron chi connectivity index (χ2n) is 10.3. The maximum atomic E-state index is 13.2. The van der Waals surface area contributed by atoms with Gasteiger partial charge in [0.25, 0.3) is 0 Å². The Morgan fingerprint density at radius 3 is 1.17 bits per heavy atom. The van der Waals surface area contributed by atoms with E-state index in [0.717, 1.165) is 37.1 Å². The molecule has 0 atom stereocenters. The molecule has 0 saturated heterocycles. The van der Waals surface area contributed by atoms with Gasteiger partial charge in [-0.25, -0.2) is 19.4 Å². The summed E-state index contributed by atoms with van der Waals surface area (Å²) in [6.45, 7) is 0.668. The molecule has 0 N–H and O–H groups in total. The van der Waals surface area contributed by atoms with Crippen molar-refractivity contribution in [3.05, 3.63) is 119 Å². The van der Waals surface area contributed by atoms with Crippen molar-refractivity contribution >= 4 is 58.1 Å². The summed E-state index contributed by atoms with van der Waals surface area (Å²) in [5, 5.41) is 1.20. The van der Waals surface area contributed by atoms with E-state index in [1.807, 2.05) is 60.7 Å². The average molecular weight is 604 g/mol. The van der Waals surface area contributed by atoms with Crippen LogP contribution in [0.25, 0.3) is 0 Å². The first-order valence-electron chi connectivity index (χ1n) is 14.0. The Hall–Kier alpha value is -4.00. The van der Waals surface area contributed by atoms with Crippen molar-refractivity contribution in [2.45, 2.75) is 25.7 Å². The Labute approximate surface area is 256 Å². The van der Waals surface area contributed by atoms with Crippen molar-refractivity contribution in [2.24, 2.45) is 11.8 Å². The third-order valence-electron chi connectivity index (χ3n) is 7.41. The van der Waals surface area contributed by atoms with Gasteiger partial charge in [-0.05, 0) is 110 Å². The molecule has 4 aromatic carbocycles. The van der Waals surface area contributed by atoms with Crippen LogP contribution in [0.3, 0.4) is 0 Å². The highest BCUT2D eigenvalue weighted by atomic mass is 35.5. The van der Waals surface area contributed by atoms with Crippen LogP contribution in [-0.4, -0.2) is 25.4 Å². The van der Waals surface area contributed by atoms with E-state index in [1.54, 1.807) is 58.3 Å². The molecule has 4 aromatic rings. The van der Waals surface area contributed by atoms with Crippen LogP contribution in [0.4, 0.5) is 32.3 Å². The molecule has 2 amide bonds. The smallest absolute Gasteiger partial charge is 0.418 e. The van der Waals surface area contributed by atoms with Crippen LogP contribution in [0.5, 0.6) is 0 Å². The van der Waals surface area contributed by atoms with E-state index in [1.165, 1.54) is 0 Å². The lowest BCUT2D eigenvalue weighted by Crippen LogP contribution is -2.31. The first-order chi connectivity index (χ1) is 20.5. The van der Waals surface area contributed by atoms with Crippen molar-refractivity contribution in [3.63, 3.8) is 0 Å². The fourth-order valence-electron chi connectivity index (χ4n) is 5.13. The molecule has 42 heavy (non-hydrogen) atoms. The highest BCUT2D eigenvalue weighted by Gasteiger charge is 2.27. The zero-order chi connectivity index (χ0) is 29.3. The fourth-order valence-corrected chi connectivity index (χ4v) is 5.38. The minimum absolute atomic E-state index is 0.249. The van der Waals surface area contributed by atoms with Gasteiger partial charge in [0, 0.05) is 10.0 Å². The Kier molecular flexibility index (Phi) is 10.0. The highest BCUT2D eigenvalue weighted by Crippen LogP contribution is 2.32. The fraction of sp³-hybridized carbons (Fsp3) is 0.235. The second-order valence-corrected chi connectivity index (χ2v) is 11.2. The summed E-state index contributed by atoms with van der Waals surface area (Å²) in [4.78, 5) is 29.6. The van der Waals surface area contributed by atoms with Crippen molar-refractivity contribution in [2.75, 3.05) is 23.0 Å². The minimum Gasteiger partial charge on any atom is -0.449 e. The molecular formula is C34H32Cl2N2O4. The van der Waals surface area contributed by atoms with E-state index in [9.17, 15) is 9.59 Å². The molecule has 216 valence electrons. The first-order valence-corrected chi connectivity index (χ1v) is 14.8. The summed E-state index contributed by atoms with van der Waals surface area (Å²) in [5.74, 6) is 0.497. The molecule has 0 radical (unpaired) electrons. The Balaban J connectivity index is 1.13. The molecule has 1 fully saturated rings. The molecule has 5 rings (SSSR count). The molecular weight excluding hydrogens is 571 g/mol. The monoisotopic (exact) mass is 602 g/mol. The number of ether oxygens (including phenoxy) is 2. The van der Waals surface area contributed by atoms with E-state index in [-0.39, 0.29) is 11.8 Å². The van der Waals surface area contributed by atoms with Gasteiger partial charge < -0.3 is 9.47 Å². The summed E-state index contributed by atoms with van der Waals surface area (Å²) < 4.78 is 11.6. The molecule has 0 bridgehead atoms. The number of carbonyl (C=O) groups excluding carboxylic acids is 2. The van der Waals surface area contributed by atoms with Gasteiger partial charge in [0.05, 0.1) is 36.0 Å². The molecule has 1 saturated carbocycles. The molecule has 8 heteroatoms. The van der Waals surface area contributed by atoms with Gasteiger partial charge in [0.15, 0.2) is 0 Å². The predicted octanol–water partition coefficient (Wildman–Crippen LogP) is 10.0. The van der Waals surface area contributed by atoms with Gasteiger partial charge in [-0.2, -0.15) is 0 Å². The van der Waals surface area contributed by atoms with E-state index in [2.05, 4.69) is 0 Å². The molecule has 6 nitrogen and oxygen atoms in total. The van der Waals surface area contributed by atoms with Gasteiger partial charge in [0.1, 0.15) is 0 Å². The number of para-hydroxylation sites is 2. The van der Waals surface area contributed by atoms with E-state index >= 15 is 0 Å². The Bertz CT molecular complexity index is 1330. The predicted molar refractivity (Wildman–Crippen MR) is 168 cm³/mol. The maximum Gasteiger partial charge on any atom is 0.418 e. The molecule has 1 aliphatic carbocycles. The van der Waals surface area contributed by atoms with Crippen molar-refractivity contribution in [1.82, 2.24) is 0 Å². The Morgan fingerprint density at radius 2 is 0.833 bits per heavy atom. The van der Waals surface area contributed by atoms with Crippen LogP contribution in [0.15, 0.2) is 109 Å². The number of amides is 2.